The lowest BCUT2D eigenvalue weighted by Gasteiger charge is -2.22. The van der Waals surface area contributed by atoms with Crippen molar-refractivity contribution in [3.05, 3.63) is 29.8 Å². The molecule has 1 heterocycles. The van der Waals surface area contributed by atoms with E-state index in [0.29, 0.717) is 6.61 Å². The van der Waals surface area contributed by atoms with Gasteiger partial charge in [0.25, 0.3) is 0 Å². The molecule has 1 N–H and O–H groups in total. The van der Waals surface area contributed by atoms with Gasteiger partial charge in [0.15, 0.2) is 6.29 Å². The van der Waals surface area contributed by atoms with Crippen molar-refractivity contribution in [2.24, 2.45) is 0 Å². The number of unbranched alkanes of at least 4 members (excludes halogenated alkanes) is 6. The van der Waals surface area contributed by atoms with Gasteiger partial charge in [-0.15, -0.1) is 0 Å². The van der Waals surface area contributed by atoms with Gasteiger partial charge in [-0.1, -0.05) is 37.8 Å². The van der Waals surface area contributed by atoms with Crippen molar-refractivity contribution in [3.8, 4) is 5.75 Å². The maximum atomic E-state index is 8.76. The molecule has 0 aliphatic carbocycles. The van der Waals surface area contributed by atoms with Crippen LogP contribution in [0.1, 0.15) is 76.2 Å². The average Bonchev–Trinajstić information content (AvgIpc) is 2.72. The van der Waals surface area contributed by atoms with Gasteiger partial charge in [-0.2, -0.15) is 0 Å². The van der Waals surface area contributed by atoms with E-state index in [2.05, 4.69) is 24.3 Å². The van der Waals surface area contributed by atoms with Crippen LogP contribution in [-0.4, -0.2) is 37.8 Å². The lowest BCUT2D eigenvalue weighted by molar-refractivity contribution is -0.162. The van der Waals surface area contributed by atoms with Gasteiger partial charge in [-0.25, -0.2) is 0 Å². The van der Waals surface area contributed by atoms with Crippen LogP contribution in [0.15, 0.2) is 24.3 Å². The smallest absolute Gasteiger partial charge is 0.157 e. The number of ether oxygens (including phenoxy) is 3. The summed E-state index contributed by atoms with van der Waals surface area (Å²) in [5.41, 5.74) is 1.39. The van der Waals surface area contributed by atoms with Gasteiger partial charge in [-0.05, 0) is 69.1 Å². The van der Waals surface area contributed by atoms with Crippen LogP contribution in [0.25, 0.3) is 0 Å². The highest BCUT2D eigenvalue weighted by molar-refractivity contribution is 5.27. The number of aliphatic hydroxyl groups excluding tert-OH is 1. The summed E-state index contributed by atoms with van der Waals surface area (Å²) in [5, 5.41) is 8.76. The molecule has 0 bridgehead atoms. The first kappa shape index (κ1) is 22.2. The summed E-state index contributed by atoms with van der Waals surface area (Å²) in [4.78, 5) is 0. The molecule has 27 heavy (non-hydrogen) atoms. The molecule has 1 saturated heterocycles. The Labute approximate surface area is 165 Å². The second-order valence-electron chi connectivity index (χ2n) is 7.46. The Kier molecular flexibility index (Phi) is 12.2. The van der Waals surface area contributed by atoms with E-state index in [1.165, 1.54) is 50.5 Å². The molecule has 1 atom stereocenters. The molecule has 1 aliphatic heterocycles. The first-order valence-electron chi connectivity index (χ1n) is 10.9. The number of rotatable bonds is 15. The third-order valence-electron chi connectivity index (χ3n) is 5.05. The van der Waals surface area contributed by atoms with Crippen LogP contribution in [0.2, 0.25) is 0 Å². The summed E-state index contributed by atoms with van der Waals surface area (Å²) in [5.74, 6) is 0.928. The molecule has 4 heteroatoms. The van der Waals surface area contributed by atoms with Gasteiger partial charge >= 0.3 is 0 Å². The lowest BCUT2D eigenvalue weighted by Crippen LogP contribution is -2.22. The Hall–Kier alpha value is -1.10. The zero-order valence-corrected chi connectivity index (χ0v) is 16.9. The fourth-order valence-electron chi connectivity index (χ4n) is 3.35. The fraction of sp³-hybridized carbons (Fsp3) is 0.739. The first-order valence-corrected chi connectivity index (χ1v) is 10.9. The second kappa shape index (κ2) is 14.9. The van der Waals surface area contributed by atoms with Gasteiger partial charge in [-0.3, -0.25) is 0 Å². The van der Waals surface area contributed by atoms with Crippen LogP contribution in [0.4, 0.5) is 0 Å². The molecule has 2 rings (SSSR count). The minimum Gasteiger partial charge on any atom is -0.494 e. The van der Waals surface area contributed by atoms with E-state index in [4.69, 9.17) is 19.3 Å². The molecule has 1 aromatic carbocycles. The maximum Gasteiger partial charge on any atom is 0.157 e. The topological polar surface area (TPSA) is 47.9 Å². The first-order chi connectivity index (χ1) is 13.4. The minimum atomic E-state index is 0.0658. The van der Waals surface area contributed by atoms with Crippen molar-refractivity contribution in [1.82, 2.24) is 0 Å². The highest BCUT2D eigenvalue weighted by Crippen LogP contribution is 2.16. The third-order valence-corrected chi connectivity index (χ3v) is 5.05. The summed E-state index contributed by atoms with van der Waals surface area (Å²) < 4.78 is 17.0. The average molecular weight is 379 g/mol. The molecule has 154 valence electrons. The standard InChI is InChI=1S/C23H38O4/c24-17-7-10-18-25-22-15-13-21(14-16-22)11-5-3-1-2-4-8-19-26-23-12-6-9-20-27-23/h13-16,23-24H,1-12,17-20H2. The molecule has 1 aliphatic rings. The van der Waals surface area contributed by atoms with Crippen molar-refractivity contribution in [2.75, 3.05) is 26.4 Å². The molecule has 4 nitrogen and oxygen atoms in total. The Morgan fingerprint density at radius 3 is 2.33 bits per heavy atom. The van der Waals surface area contributed by atoms with E-state index in [-0.39, 0.29) is 12.9 Å². The van der Waals surface area contributed by atoms with Crippen LogP contribution in [0.5, 0.6) is 5.75 Å². The van der Waals surface area contributed by atoms with Crippen LogP contribution in [0.3, 0.4) is 0 Å². The Morgan fingerprint density at radius 1 is 0.852 bits per heavy atom. The molecule has 1 unspecified atom stereocenters. The van der Waals surface area contributed by atoms with E-state index in [0.717, 1.165) is 51.1 Å². The number of benzene rings is 1. The molecular formula is C23H38O4. The minimum absolute atomic E-state index is 0.0658. The lowest BCUT2D eigenvalue weighted by atomic mass is 10.0. The summed E-state index contributed by atoms with van der Waals surface area (Å²) in [7, 11) is 0. The number of aryl methyl sites for hydroxylation is 1. The van der Waals surface area contributed by atoms with Gasteiger partial charge in [0.2, 0.25) is 0 Å². The molecule has 0 amide bonds. The Balaban J connectivity index is 1.40. The molecule has 0 saturated carbocycles. The summed E-state index contributed by atoms with van der Waals surface area (Å²) in [6.07, 6.45) is 14.0. The molecular weight excluding hydrogens is 340 g/mol. The van der Waals surface area contributed by atoms with Gasteiger partial charge in [0, 0.05) is 19.8 Å². The van der Waals surface area contributed by atoms with Crippen molar-refractivity contribution in [2.45, 2.75) is 83.3 Å². The van der Waals surface area contributed by atoms with Crippen molar-refractivity contribution in [3.63, 3.8) is 0 Å². The van der Waals surface area contributed by atoms with E-state index in [1.54, 1.807) is 0 Å². The maximum absolute atomic E-state index is 8.76. The van der Waals surface area contributed by atoms with Crippen LogP contribution >= 0.6 is 0 Å². The van der Waals surface area contributed by atoms with Crippen LogP contribution < -0.4 is 4.74 Å². The zero-order valence-electron chi connectivity index (χ0n) is 16.9. The van der Waals surface area contributed by atoms with Crippen molar-refractivity contribution in [1.29, 1.82) is 0 Å². The highest BCUT2D eigenvalue weighted by Gasteiger charge is 2.13. The van der Waals surface area contributed by atoms with Gasteiger partial charge in [0.1, 0.15) is 5.75 Å². The monoisotopic (exact) mass is 378 g/mol. The summed E-state index contributed by atoms with van der Waals surface area (Å²) in [6, 6.07) is 8.46. The number of hydrogen-bond donors (Lipinski definition) is 1. The SMILES string of the molecule is OCCCCOc1ccc(CCCCCCCCOC2CCCCO2)cc1. The zero-order chi connectivity index (χ0) is 19.0. The van der Waals surface area contributed by atoms with Gasteiger partial charge < -0.3 is 19.3 Å². The van der Waals surface area contributed by atoms with Gasteiger partial charge in [0.05, 0.1) is 6.61 Å². The molecule has 0 radical (unpaired) electrons. The van der Waals surface area contributed by atoms with Crippen molar-refractivity contribution >= 4 is 0 Å². The molecule has 1 fully saturated rings. The van der Waals surface area contributed by atoms with E-state index in [9.17, 15) is 0 Å². The molecule has 0 spiro atoms. The van der Waals surface area contributed by atoms with E-state index >= 15 is 0 Å². The van der Waals surface area contributed by atoms with Crippen LogP contribution in [0, 0.1) is 0 Å². The predicted molar refractivity (Wildman–Crippen MR) is 109 cm³/mol. The Morgan fingerprint density at radius 2 is 1.59 bits per heavy atom. The number of hydrogen-bond acceptors (Lipinski definition) is 4. The van der Waals surface area contributed by atoms with Crippen molar-refractivity contribution < 1.29 is 19.3 Å². The van der Waals surface area contributed by atoms with Crippen LogP contribution in [-0.2, 0) is 15.9 Å². The number of aliphatic hydroxyl groups is 1. The quantitative estimate of drug-likeness (QED) is 0.423. The second-order valence-corrected chi connectivity index (χ2v) is 7.46. The predicted octanol–water partition coefficient (Wildman–Crippen LogP) is 5.26. The van der Waals surface area contributed by atoms with E-state index < -0.39 is 0 Å². The molecule has 0 aromatic heterocycles. The largest absolute Gasteiger partial charge is 0.494 e. The molecule has 1 aromatic rings. The Bertz CT molecular complexity index is 454. The fourth-order valence-corrected chi connectivity index (χ4v) is 3.35. The summed E-state index contributed by atoms with van der Waals surface area (Å²) in [6.45, 7) is 2.63. The summed E-state index contributed by atoms with van der Waals surface area (Å²) >= 11 is 0. The van der Waals surface area contributed by atoms with E-state index in [1.807, 2.05) is 0 Å². The normalized spacial score (nSPS) is 17.1. The highest BCUT2D eigenvalue weighted by atomic mass is 16.7. The third kappa shape index (κ3) is 10.7.